The molecule has 2 rings (SSSR count). The standard InChI is InChI=1S/C20H32FN5O3.HI/c1-3-22-20(25-15-19(27)23-8-11-28-2)24-14-18(26-9-12-29-13-10-26)16-4-6-17(21)7-5-16;/h4-7,18H,3,8-15H2,1-2H3,(H,23,27)(H2,22,24,25);1H. The van der Waals surface area contributed by atoms with Crippen molar-refractivity contribution in [2.45, 2.75) is 13.0 Å². The highest BCUT2D eigenvalue weighted by Crippen LogP contribution is 2.21. The fraction of sp³-hybridized carbons (Fsp3) is 0.600. The Morgan fingerprint density at radius 1 is 1.23 bits per heavy atom. The molecule has 1 heterocycles. The number of benzene rings is 1. The number of morpholine rings is 1. The summed E-state index contributed by atoms with van der Waals surface area (Å²) < 4.78 is 23.7. The minimum Gasteiger partial charge on any atom is -0.383 e. The van der Waals surface area contributed by atoms with Crippen LogP contribution in [0.5, 0.6) is 0 Å². The number of guanidine groups is 1. The number of nitrogens with zero attached hydrogens (tertiary/aromatic N) is 2. The number of ether oxygens (including phenoxy) is 2. The highest BCUT2D eigenvalue weighted by Gasteiger charge is 2.23. The molecule has 1 aliphatic heterocycles. The average Bonchev–Trinajstić information content (AvgIpc) is 2.74. The normalized spacial score (nSPS) is 15.8. The van der Waals surface area contributed by atoms with Crippen LogP contribution in [0.15, 0.2) is 29.3 Å². The maximum Gasteiger partial charge on any atom is 0.241 e. The van der Waals surface area contributed by atoms with Crippen molar-refractivity contribution in [3.05, 3.63) is 35.6 Å². The number of hydrogen-bond donors (Lipinski definition) is 3. The Balaban J connectivity index is 0.00000450. The minimum atomic E-state index is -0.253. The molecule has 30 heavy (non-hydrogen) atoms. The first-order valence-corrected chi connectivity index (χ1v) is 9.99. The number of carbonyl (C=O) groups is 1. The van der Waals surface area contributed by atoms with Crippen LogP contribution in [0.2, 0.25) is 0 Å². The lowest BCUT2D eigenvalue weighted by Gasteiger charge is -2.35. The van der Waals surface area contributed by atoms with Crippen LogP contribution in [-0.2, 0) is 14.3 Å². The molecule has 3 N–H and O–H groups in total. The third-order valence-corrected chi connectivity index (χ3v) is 4.56. The Kier molecular flexibility index (Phi) is 13.6. The van der Waals surface area contributed by atoms with Crippen LogP contribution in [0.25, 0.3) is 0 Å². The van der Waals surface area contributed by atoms with Crippen molar-refractivity contribution in [2.75, 3.05) is 66.2 Å². The van der Waals surface area contributed by atoms with Crippen molar-refractivity contribution in [1.29, 1.82) is 0 Å². The molecule has 8 nitrogen and oxygen atoms in total. The predicted octanol–water partition coefficient (Wildman–Crippen LogP) is 1.13. The maximum absolute atomic E-state index is 13.4. The van der Waals surface area contributed by atoms with E-state index >= 15 is 0 Å². The SMILES string of the molecule is CCNC(=NCC(=O)NCCOC)NCC(c1ccc(F)cc1)N1CCOCC1.I. The number of carbonyl (C=O) groups excluding carboxylic acids is 1. The van der Waals surface area contributed by atoms with Gasteiger partial charge in [-0.3, -0.25) is 9.69 Å². The molecule has 1 aliphatic rings. The van der Waals surface area contributed by atoms with Gasteiger partial charge in [0.15, 0.2) is 5.96 Å². The van der Waals surface area contributed by atoms with Crippen LogP contribution in [0, 0.1) is 5.82 Å². The van der Waals surface area contributed by atoms with Crippen molar-refractivity contribution in [3.8, 4) is 0 Å². The molecule has 1 fully saturated rings. The topological polar surface area (TPSA) is 87.2 Å². The monoisotopic (exact) mass is 537 g/mol. The molecule has 0 saturated carbocycles. The van der Waals surface area contributed by atoms with Crippen molar-refractivity contribution in [3.63, 3.8) is 0 Å². The fourth-order valence-electron chi connectivity index (χ4n) is 3.07. The summed E-state index contributed by atoms with van der Waals surface area (Å²) in [5.41, 5.74) is 1.02. The predicted molar refractivity (Wildman–Crippen MR) is 126 cm³/mol. The van der Waals surface area contributed by atoms with Crippen LogP contribution in [-0.4, -0.2) is 83.0 Å². The highest BCUT2D eigenvalue weighted by molar-refractivity contribution is 14.0. The summed E-state index contributed by atoms with van der Waals surface area (Å²) in [6, 6.07) is 6.62. The number of aliphatic imine (C=N–C) groups is 1. The number of methoxy groups -OCH3 is 1. The molecule has 1 atom stereocenters. The molecule has 0 aromatic heterocycles. The molecule has 0 aliphatic carbocycles. The second kappa shape index (κ2) is 15.3. The smallest absolute Gasteiger partial charge is 0.241 e. The van der Waals surface area contributed by atoms with Gasteiger partial charge in [-0.15, -0.1) is 24.0 Å². The molecule has 1 aromatic rings. The van der Waals surface area contributed by atoms with Gasteiger partial charge in [0.1, 0.15) is 12.4 Å². The highest BCUT2D eigenvalue weighted by atomic mass is 127. The molecular formula is C20H33FIN5O3. The van der Waals surface area contributed by atoms with E-state index in [1.54, 1.807) is 7.11 Å². The van der Waals surface area contributed by atoms with Gasteiger partial charge in [-0.25, -0.2) is 9.38 Å². The summed E-state index contributed by atoms with van der Waals surface area (Å²) in [7, 11) is 1.59. The number of amides is 1. The van der Waals surface area contributed by atoms with E-state index in [0.717, 1.165) is 18.7 Å². The summed E-state index contributed by atoms with van der Waals surface area (Å²) in [5, 5.41) is 9.21. The van der Waals surface area contributed by atoms with Gasteiger partial charge in [-0.1, -0.05) is 12.1 Å². The molecule has 0 bridgehead atoms. The molecule has 1 saturated heterocycles. The summed E-state index contributed by atoms with van der Waals surface area (Å²) >= 11 is 0. The lowest BCUT2D eigenvalue weighted by molar-refractivity contribution is -0.119. The third-order valence-electron chi connectivity index (χ3n) is 4.56. The number of hydrogen-bond acceptors (Lipinski definition) is 5. The van der Waals surface area contributed by atoms with Crippen molar-refractivity contribution in [2.24, 2.45) is 4.99 Å². The van der Waals surface area contributed by atoms with Crippen molar-refractivity contribution in [1.82, 2.24) is 20.9 Å². The Hall–Kier alpha value is -1.50. The largest absolute Gasteiger partial charge is 0.383 e. The third kappa shape index (κ3) is 9.54. The van der Waals surface area contributed by atoms with Crippen LogP contribution in [0.4, 0.5) is 4.39 Å². The first-order chi connectivity index (χ1) is 14.1. The molecule has 10 heteroatoms. The van der Waals surface area contributed by atoms with Gasteiger partial charge in [0.25, 0.3) is 0 Å². The van der Waals surface area contributed by atoms with Gasteiger partial charge in [-0.2, -0.15) is 0 Å². The average molecular weight is 537 g/mol. The minimum absolute atomic E-state index is 0. The Labute approximate surface area is 195 Å². The second-order valence-corrected chi connectivity index (χ2v) is 6.63. The van der Waals surface area contributed by atoms with Gasteiger partial charge >= 0.3 is 0 Å². The molecule has 1 amide bonds. The van der Waals surface area contributed by atoms with Crippen molar-refractivity contribution >= 4 is 35.8 Å². The first kappa shape index (κ1) is 26.5. The summed E-state index contributed by atoms with van der Waals surface area (Å²) in [6.07, 6.45) is 0. The number of nitrogens with one attached hydrogen (secondary N) is 3. The van der Waals surface area contributed by atoms with E-state index in [9.17, 15) is 9.18 Å². The molecular weight excluding hydrogens is 504 g/mol. The number of rotatable bonds is 10. The zero-order chi connectivity index (χ0) is 20.9. The Morgan fingerprint density at radius 3 is 2.57 bits per heavy atom. The molecule has 0 spiro atoms. The van der Waals surface area contributed by atoms with Gasteiger partial charge in [0, 0.05) is 39.8 Å². The fourth-order valence-corrected chi connectivity index (χ4v) is 3.07. The van der Waals surface area contributed by atoms with Crippen molar-refractivity contribution < 1.29 is 18.7 Å². The van der Waals surface area contributed by atoms with Crippen LogP contribution < -0.4 is 16.0 Å². The second-order valence-electron chi connectivity index (χ2n) is 6.63. The molecule has 1 unspecified atom stereocenters. The van der Waals surface area contributed by atoms with Crippen LogP contribution >= 0.6 is 24.0 Å². The van der Waals surface area contributed by atoms with Gasteiger partial charge in [0.05, 0.1) is 25.9 Å². The summed E-state index contributed by atoms with van der Waals surface area (Å²) in [5.74, 6) is 0.147. The van der Waals surface area contributed by atoms with Gasteiger partial charge in [-0.05, 0) is 24.6 Å². The lowest BCUT2D eigenvalue weighted by Crippen LogP contribution is -2.46. The Morgan fingerprint density at radius 2 is 1.93 bits per heavy atom. The van der Waals surface area contributed by atoms with E-state index in [2.05, 4.69) is 25.8 Å². The van der Waals surface area contributed by atoms with E-state index in [1.807, 2.05) is 19.1 Å². The lowest BCUT2D eigenvalue weighted by atomic mass is 10.0. The molecule has 1 aromatic carbocycles. The molecule has 170 valence electrons. The zero-order valence-corrected chi connectivity index (χ0v) is 20.0. The van der Waals surface area contributed by atoms with E-state index in [4.69, 9.17) is 9.47 Å². The Bertz CT molecular complexity index is 642. The van der Waals surface area contributed by atoms with E-state index in [-0.39, 0.29) is 48.3 Å². The quantitative estimate of drug-likeness (QED) is 0.180. The van der Waals surface area contributed by atoms with Crippen LogP contribution in [0.3, 0.4) is 0 Å². The van der Waals surface area contributed by atoms with Gasteiger partial charge < -0.3 is 25.4 Å². The maximum atomic E-state index is 13.4. The zero-order valence-electron chi connectivity index (χ0n) is 17.7. The van der Waals surface area contributed by atoms with E-state index in [1.165, 1.54) is 12.1 Å². The first-order valence-electron chi connectivity index (χ1n) is 9.99. The van der Waals surface area contributed by atoms with Crippen LogP contribution in [0.1, 0.15) is 18.5 Å². The summed E-state index contributed by atoms with van der Waals surface area (Å²) in [4.78, 5) is 18.5. The molecule has 0 radical (unpaired) electrons. The number of halogens is 2. The summed E-state index contributed by atoms with van der Waals surface area (Å²) in [6.45, 7) is 7.12. The van der Waals surface area contributed by atoms with E-state index in [0.29, 0.717) is 45.4 Å². The van der Waals surface area contributed by atoms with E-state index < -0.39 is 0 Å². The van der Waals surface area contributed by atoms with Gasteiger partial charge in [0.2, 0.25) is 5.91 Å².